The van der Waals surface area contributed by atoms with E-state index >= 15 is 0 Å². The third-order valence-electron chi connectivity index (χ3n) is 7.93. The lowest BCUT2D eigenvalue weighted by molar-refractivity contribution is -0.110. The van der Waals surface area contributed by atoms with Crippen molar-refractivity contribution in [3.63, 3.8) is 0 Å². The minimum Gasteiger partial charge on any atom is -0.489 e. The third kappa shape index (κ3) is 4.67. The first-order valence-corrected chi connectivity index (χ1v) is 15.2. The number of sulfonamides is 1. The van der Waals surface area contributed by atoms with Gasteiger partial charge in [-0.05, 0) is 48.4 Å². The van der Waals surface area contributed by atoms with Crippen LogP contribution in [0.5, 0.6) is 0 Å². The second kappa shape index (κ2) is 10.4. The summed E-state index contributed by atoms with van der Waals surface area (Å²) in [5.41, 5.74) is 4.65. The van der Waals surface area contributed by atoms with E-state index in [0.717, 1.165) is 29.6 Å². The molecule has 0 saturated carbocycles. The lowest BCUT2D eigenvalue weighted by Crippen LogP contribution is -2.38. The molecule has 7 rings (SSSR count). The van der Waals surface area contributed by atoms with Crippen LogP contribution >= 0.6 is 0 Å². The van der Waals surface area contributed by atoms with Crippen molar-refractivity contribution in [2.75, 3.05) is 55.6 Å². The first-order chi connectivity index (χ1) is 20.0. The topological polar surface area (TPSA) is 104 Å². The predicted octanol–water partition coefficient (Wildman–Crippen LogP) is 4.09. The third-order valence-corrected chi connectivity index (χ3v) is 9.74. The Balaban J connectivity index is 1.29. The number of ether oxygens (including phenoxy) is 2. The summed E-state index contributed by atoms with van der Waals surface area (Å²) in [5.74, 6) is 0.0628. The van der Waals surface area contributed by atoms with Crippen LogP contribution in [0.2, 0.25) is 0 Å². The molecular formula is C31H30N4O5S. The minimum atomic E-state index is -3.85. The summed E-state index contributed by atoms with van der Waals surface area (Å²) in [4.78, 5) is 19.2. The number of hydrogen-bond acceptors (Lipinski definition) is 6. The Morgan fingerprint density at radius 3 is 2.61 bits per heavy atom. The molecule has 10 heteroatoms. The molecule has 2 N–H and O–H groups in total. The van der Waals surface area contributed by atoms with Crippen molar-refractivity contribution >= 4 is 49.5 Å². The number of rotatable bonds is 7. The molecule has 0 bridgehead atoms. The number of fused-ring (bicyclic) bond motifs is 3. The van der Waals surface area contributed by atoms with E-state index in [9.17, 15) is 13.2 Å². The van der Waals surface area contributed by atoms with Gasteiger partial charge in [0.05, 0.1) is 35.1 Å². The quantitative estimate of drug-likeness (QED) is 0.256. The molecule has 0 atom stereocenters. The molecular weight excluding hydrogens is 540 g/mol. The van der Waals surface area contributed by atoms with Crippen molar-refractivity contribution < 1.29 is 22.7 Å². The highest BCUT2D eigenvalue weighted by molar-refractivity contribution is 7.92. The van der Waals surface area contributed by atoms with Gasteiger partial charge in [0.15, 0.2) is 5.76 Å². The summed E-state index contributed by atoms with van der Waals surface area (Å²) in [7, 11) is -3.85. The van der Waals surface area contributed by atoms with Gasteiger partial charge in [-0.3, -0.25) is 14.0 Å². The number of H-pyrrole nitrogens is 1. The van der Waals surface area contributed by atoms with Crippen LogP contribution in [0.15, 0.2) is 77.7 Å². The molecule has 0 unspecified atom stereocenters. The van der Waals surface area contributed by atoms with E-state index in [-0.39, 0.29) is 10.8 Å². The SMILES string of the molecule is O=C1Nc2ccc(S(=O)(=O)N3CCc4ccccc43)cc2/C1=C(\OCCN1CCOCC1)c1cc2ccccc2[nH]1. The van der Waals surface area contributed by atoms with Crippen molar-refractivity contribution in [3.05, 3.63) is 89.6 Å². The smallest absolute Gasteiger partial charge is 0.264 e. The molecule has 41 heavy (non-hydrogen) atoms. The maximum absolute atomic E-state index is 13.8. The number of hydrogen-bond donors (Lipinski definition) is 2. The van der Waals surface area contributed by atoms with E-state index in [4.69, 9.17) is 9.47 Å². The zero-order valence-corrected chi connectivity index (χ0v) is 23.2. The zero-order chi connectivity index (χ0) is 28.0. The van der Waals surface area contributed by atoms with Gasteiger partial charge in [-0.1, -0.05) is 36.4 Å². The minimum absolute atomic E-state index is 0.131. The van der Waals surface area contributed by atoms with Crippen molar-refractivity contribution in [1.29, 1.82) is 0 Å². The molecule has 210 valence electrons. The number of carbonyl (C=O) groups is 1. The Morgan fingerprint density at radius 1 is 0.951 bits per heavy atom. The highest BCUT2D eigenvalue weighted by atomic mass is 32.2. The maximum atomic E-state index is 13.8. The van der Waals surface area contributed by atoms with Gasteiger partial charge < -0.3 is 19.8 Å². The number of anilines is 2. The lowest BCUT2D eigenvalue weighted by Gasteiger charge is -2.26. The molecule has 9 nitrogen and oxygen atoms in total. The molecule has 1 fully saturated rings. The summed E-state index contributed by atoms with van der Waals surface area (Å²) in [6.45, 7) is 4.44. The van der Waals surface area contributed by atoms with Crippen LogP contribution in [0.3, 0.4) is 0 Å². The number of nitrogens with one attached hydrogen (secondary N) is 2. The Kier molecular flexibility index (Phi) is 6.53. The number of benzene rings is 3. The monoisotopic (exact) mass is 570 g/mol. The average molecular weight is 571 g/mol. The first-order valence-electron chi connectivity index (χ1n) is 13.8. The van der Waals surface area contributed by atoms with Gasteiger partial charge in [0.25, 0.3) is 15.9 Å². The summed E-state index contributed by atoms with van der Waals surface area (Å²) in [6.07, 6.45) is 0.660. The second-order valence-corrected chi connectivity index (χ2v) is 12.3. The van der Waals surface area contributed by atoms with Gasteiger partial charge in [0.2, 0.25) is 0 Å². The molecule has 1 saturated heterocycles. The van der Waals surface area contributed by atoms with Crippen LogP contribution < -0.4 is 9.62 Å². The molecule has 1 amide bonds. The molecule has 3 aliphatic rings. The van der Waals surface area contributed by atoms with Crippen LogP contribution in [-0.2, 0) is 30.7 Å². The van der Waals surface area contributed by atoms with E-state index in [1.807, 2.05) is 54.6 Å². The fourth-order valence-corrected chi connectivity index (χ4v) is 7.33. The molecule has 0 spiro atoms. The number of aromatic amines is 1. The Labute approximate surface area is 238 Å². The Morgan fingerprint density at radius 2 is 1.76 bits per heavy atom. The first kappa shape index (κ1) is 25.8. The fraction of sp³-hybridized carbons (Fsp3) is 0.258. The van der Waals surface area contributed by atoms with Crippen LogP contribution in [-0.4, -0.2) is 70.2 Å². The van der Waals surface area contributed by atoms with Crippen LogP contribution in [0.25, 0.3) is 22.2 Å². The number of nitrogens with zero attached hydrogens (tertiary/aromatic N) is 2. The van der Waals surface area contributed by atoms with Gasteiger partial charge in [-0.25, -0.2) is 8.42 Å². The van der Waals surface area contributed by atoms with Gasteiger partial charge in [-0.2, -0.15) is 0 Å². The van der Waals surface area contributed by atoms with Gasteiger partial charge in [0, 0.05) is 48.3 Å². The normalized spacial score (nSPS) is 18.3. The largest absolute Gasteiger partial charge is 0.489 e. The Hall–Kier alpha value is -4.12. The van der Waals surface area contributed by atoms with Gasteiger partial charge in [0.1, 0.15) is 6.61 Å². The molecule has 0 radical (unpaired) electrons. The number of amides is 1. The maximum Gasteiger partial charge on any atom is 0.264 e. The highest BCUT2D eigenvalue weighted by Crippen LogP contribution is 2.40. The lowest BCUT2D eigenvalue weighted by atomic mass is 10.0. The standard InChI is InChI=1S/C31H30N4O5S/c36-31-29(30(40-18-15-34-13-16-39-17-14-34)27-19-22-6-1-3-7-25(22)32-27)24-20-23(9-10-26(24)33-31)41(37,38)35-12-11-21-5-2-4-8-28(21)35/h1-10,19-20,32H,11-18H2,(H,33,36)/b30-29+. The van der Waals surface area contributed by atoms with Crippen LogP contribution in [0, 0.1) is 0 Å². The van der Waals surface area contributed by atoms with Crippen molar-refractivity contribution in [2.24, 2.45) is 0 Å². The molecule has 3 aliphatic heterocycles. The number of carbonyl (C=O) groups excluding carboxylic acids is 1. The van der Waals surface area contributed by atoms with Crippen LogP contribution in [0.1, 0.15) is 16.8 Å². The van der Waals surface area contributed by atoms with E-state index in [1.165, 1.54) is 4.31 Å². The number of morpholine rings is 1. The van der Waals surface area contributed by atoms with Crippen molar-refractivity contribution in [1.82, 2.24) is 9.88 Å². The van der Waals surface area contributed by atoms with E-state index in [1.54, 1.807) is 18.2 Å². The zero-order valence-electron chi connectivity index (χ0n) is 22.4. The summed E-state index contributed by atoms with van der Waals surface area (Å²) in [5, 5.41) is 3.90. The number of para-hydroxylation sites is 2. The molecule has 0 aliphatic carbocycles. The van der Waals surface area contributed by atoms with E-state index in [2.05, 4.69) is 15.2 Å². The van der Waals surface area contributed by atoms with E-state index < -0.39 is 10.0 Å². The van der Waals surface area contributed by atoms with Crippen molar-refractivity contribution in [2.45, 2.75) is 11.3 Å². The van der Waals surface area contributed by atoms with Crippen LogP contribution in [0.4, 0.5) is 11.4 Å². The summed E-state index contributed by atoms with van der Waals surface area (Å²) < 4.78 is 41.0. The second-order valence-electron chi connectivity index (χ2n) is 10.4. The molecule has 4 heterocycles. The average Bonchev–Trinajstić information content (AvgIpc) is 3.70. The highest BCUT2D eigenvalue weighted by Gasteiger charge is 2.35. The number of aromatic nitrogens is 1. The molecule has 1 aromatic heterocycles. The summed E-state index contributed by atoms with van der Waals surface area (Å²) >= 11 is 0. The van der Waals surface area contributed by atoms with Crippen molar-refractivity contribution in [3.8, 4) is 0 Å². The van der Waals surface area contributed by atoms with Gasteiger partial charge in [-0.15, -0.1) is 0 Å². The molecule has 3 aromatic carbocycles. The molecule has 4 aromatic rings. The Bertz CT molecular complexity index is 1760. The summed E-state index contributed by atoms with van der Waals surface area (Å²) in [6, 6.07) is 22.2. The predicted molar refractivity (Wildman–Crippen MR) is 158 cm³/mol. The van der Waals surface area contributed by atoms with Gasteiger partial charge >= 0.3 is 0 Å². The fourth-order valence-electron chi connectivity index (χ4n) is 5.80. The van der Waals surface area contributed by atoms with E-state index in [0.29, 0.717) is 73.3 Å².